The number of anilines is 1. The number of nitrogen functional groups attached to an aromatic ring is 1. The molecule has 0 aliphatic carbocycles. The number of nitrogens with zero attached hydrogens (tertiary/aromatic N) is 5. The van der Waals surface area contributed by atoms with Crippen LogP contribution in [-0.4, -0.2) is 19.6 Å². The molecule has 0 aliphatic rings. The SMILES string of the molecule is N#Cc1c(N)nc2ncnn2c1-c1ccccc1. The quantitative estimate of drug-likeness (QED) is 0.686. The van der Waals surface area contributed by atoms with Gasteiger partial charge in [-0.25, -0.2) is 0 Å². The van der Waals surface area contributed by atoms with Gasteiger partial charge in [0.1, 0.15) is 23.8 Å². The molecule has 0 radical (unpaired) electrons. The maximum absolute atomic E-state index is 9.23. The molecule has 3 rings (SSSR count). The normalized spacial score (nSPS) is 10.4. The minimum atomic E-state index is 0.164. The third-order valence-electron chi connectivity index (χ3n) is 2.61. The summed E-state index contributed by atoms with van der Waals surface area (Å²) in [6.07, 6.45) is 1.38. The Balaban J connectivity index is 2.46. The fraction of sp³-hybridized carbons (Fsp3) is 0. The predicted octanol–water partition coefficient (Wildman–Crippen LogP) is 1.25. The largest absolute Gasteiger partial charge is 0.382 e. The highest BCUT2D eigenvalue weighted by Crippen LogP contribution is 2.25. The van der Waals surface area contributed by atoms with Crippen LogP contribution < -0.4 is 5.73 Å². The highest BCUT2D eigenvalue weighted by Gasteiger charge is 2.15. The molecule has 0 aliphatic heterocycles. The van der Waals surface area contributed by atoms with Gasteiger partial charge in [0.05, 0.1) is 5.69 Å². The molecular weight excluding hydrogens is 228 g/mol. The fourth-order valence-electron chi connectivity index (χ4n) is 1.83. The molecule has 6 heteroatoms. The second-order valence-corrected chi connectivity index (χ2v) is 3.67. The van der Waals surface area contributed by atoms with E-state index in [0.717, 1.165) is 5.56 Å². The van der Waals surface area contributed by atoms with Gasteiger partial charge in [-0.1, -0.05) is 30.3 Å². The summed E-state index contributed by atoms with van der Waals surface area (Å²) >= 11 is 0. The van der Waals surface area contributed by atoms with E-state index >= 15 is 0 Å². The van der Waals surface area contributed by atoms with Crippen LogP contribution in [0.4, 0.5) is 5.82 Å². The second-order valence-electron chi connectivity index (χ2n) is 3.67. The average Bonchev–Trinajstić information content (AvgIpc) is 2.85. The molecule has 1 aromatic carbocycles. The molecule has 18 heavy (non-hydrogen) atoms. The number of nitrogens with two attached hydrogens (primary N) is 1. The first kappa shape index (κ1) is 10.2. The standard InChI is InChI=1S/C12H8N6/c13-6-9-10(8-4-2-1-3-5-8)18-12(15-7-16-18)17-11(9)14/h1-5,7H,(H2,14,15,16,17). The van der Waals surface area contributed by atoms with E-state index < -0.39 is 0 Å². The van der Waals surface area contributed by atoms with E-state index in [2.05, 4.69) is 21.1 Å². The summed E-state index contributed by atoms with van der Waals surface area (Å²) in [6, 6.07) is 11.5. The van der Waals surface area contributed by atoms with Crippen LogP contribution in [0.15, 0.2) is 36.7 Å². The molecule has 0 amide bonds. The van der Waals surface area contributed by atoms with Crippen molar-refractivity contribution in [3.05, 3.63) is 42.2 Å². The molecule has 2 aromatic heterocycles. The number of aromatic nitrogens is 4. The van der Waals surface area contributed by atoms with Crippen molar-refractivity contribution in [1.82, 2.24) is 19.6 Å². The highest BCUT2D eigenvalue weighted by molar-refractivity contribution is 5.74. The molecule has 3 aromatic rings. The molecule has 0 atom stereocenters. The minimum Gasteiger partial charge on any atom is -0.382 e. The van der Waals surface area contributed by atoms with E-state index in [1.54, 1.807) is 0 Å². The lowest BCUT2D eigenvalue weighted by Crippen LogP contribution is -2.05. The Labute approximate surface area is 102 Å². The van der Waals surface area contributed by atoms with Crippen LogP contribution in [0.2, 0.25) is 0 Å². The van der Waals surface area contributed by atoms with Gasteiger partial charge in [-0.05, 0) is 0 Å². The number of hydrogen-bond acceptors (Lipinski definition) is 5. The van der Waals surface area contributed by atoms with Gasteiger partial charge in [0.25, 0.3) is 5.78 Å². The van der Waals surface area contributed by atoms with Crippen molar-refractivity contribution in [1.29, 1.82) is 5.26 Å². The maximum Gasteiger partial charge on any atom is 0.254 e. The molecule has 2 heterocycles. The summed E-state index contributed by atoms with van der Waals surface area (Å²) in [5.41, 5.74) is 7.54. The van der Waals surface area contributed by atoms with E-state index in [1.807, 2.05) is 30.3 Å². The van der Waals surface area contributed by atoms with Crippen molar-refractivity contribution in [2.75, 3.05) is 5.73 Å². The first-order valence-electron chi connectivity index (χ1n) is 5.26. The van der Waals surface area contributed by atoms with Gasteiger partial charge in [0, 0.05) is 5.56 Å². The summed E-state index contributed by atoms with van der Waals surface area (Å²) in [5, 5.41) is 13.3. The Bertz CT molecular complexity index is 753. The molecule has 86 valence electrons. The molecule has 0 bridgehead atoms. The smallest absolute Gasteiger partial charge is 0.254 e. The molecule has 0 fully saturated rings. The Morgan fingerprint density at radius 1 is 1.22 bits per heavy atom. The monoisotopic (exact) mass is 236 g/mol. The zero-order valence-corrected chi connectivity index (χ0v) is 9.28. The van der Waals surface area contributed by atoms with E-state index in [0.29, 0.717) is 17.0 Å². The Morgan fingerprint density at radius 3 is 2.72 bits per heavy atom. The Morgan fingerprint density at radius 2 is 2.00 bits per heavy atom. The second kappa shape index (κ2) is 3.82. The van der Waals surface area contributed by atoms with Crippen LogP contribution in [0.5, 0.6) is 0 Å². The topological polar surface area (TPSA) is 92.9 Å². The molecule has 0 saturated carbocycles. The Hall–Kier alpha value is -2.94. The van der Waals surface area contributed by atoms with Crippen LogP contribution in [0.25, 0.3) is 17.0 Å². The van der Waals surface area contributed by atoms with E-state index in [-0.39, 0.29) is 5.82 Å². The molecule has 0 saturated heterocycles. The van der Waals surface area contributed by atoms with Gasteiger partial charge in [-0.3, -0.25) is 0 Å². The van der Waals surface area contributed by atoms with Crippen LogP contribution in [0.3, 0.4) is 0 Å². The van der Waals surface area contributed by atoms with E-state index in [4.69, 9.17) is 5.73 Å². The van der Waals surface area contributed by atoms with Gasteiger partial charge >= 0.3 is 0 Å². The van der Waals surface area contributed by atoms with Gasteiger partial charge in [-0.2, -0.15) is 24.8 Å². The molecule has 6 nitrogen and oxygen atoms in total. The lowest BCUT2D eigenvalue weighted by atomic mass is 10.1. The third-order valence-corrected chi connectivity index (χ3v) is 2.61. The summed E-state index contributed by atoms with van der Waals surface area (Å²) in [6.45, 7) is 0. The van der Waals surface area contributed by atoms with Gasteiger partial charge < -0.3 is 5.73 Å². The first-order chi connectivity index (χ1) is 8.81. The number of benzene rings is 1. The summed E-state index contributed by atoms with van der Waals surface area (Å²) in [7, 11) is 0. The molecule has 0 unspecified atom stereocenters. The third kappa shape index (κ3) is 1.38. The van der Waals surface area contributed by atoms with Gasteiger partial charge in [-0.15, -0.1) is 0 Å². The van der Waals surface area contributed by atoms with Gasteiger partial charge in [0.15, 0.2) is 0 Å². The first-order valence-corrected chi connectivity index (χ1v) is 5.26. The molecule has 2 N–H and O–H groups in total. The van der Waals surface area contributed by atoms with Crippen molar-refractivity contribution in [3.63, 3.8) is 0 Å². The average molecular weight is 236 g/mol. The van der Waals surface area contributed by atoms with Crippen LogP contribution in [0.1, 0.15) is 5.56 Å². The zero-order valence-electron chi connectivity index (χ0n) is 9.28. The van der Waals surface area contributed by atoms with Crippen molar-refractivity contribution in [2.24, 2.45) is 0 Å². The number of hydrogen-bond donors (Lipinski definition) is 1. The molecular formula is C12H8N6. The number of fused-ring (bicyclic) bond motifs is 1. The van der Waals surface area contributed by atoms with E-state index in [9.17, 15) is 5.26 Å². The van der Waals surface area contributed by atoms with Crippen molar-refractivity contribution in [2.45, 2.75) is 0 Å². The predicted molar refractivity (Wildman–Crippen MR) is 65.3 cm³/mol. The summed E-state index contributed by atoms with van der Waals surface area (Å²) in [4.78, 5) is 8.03. The van der Waals surface area contributed by atoms with Crippen molar-refractivity contribution >= 4 is 11.6 Å². The Kier molecular flexibility index (Phi) is 2.17. The summed E-state index contributed by atoms with van der Waals surface area (Å²) in [5.74, 6) is 0.544. The molecule has 0 spiro atoms. The lowest BCUT2D eigenvalue weighted by Gasteiger charge is -2.07. The van der Waals surface area contributed by atoms with Crippen molar-refractivity contribution in [3.8, 4) is 17.3 Å². The number of rotatable bonds is 1. The lowest BCUT2D eigenvalue weighted by molar-refractivity contribution is 0.946. The van der Waals surface area contributed by atoms with Crippen LogP contribution in [-0.2, 0) is 0 Å². The van der Waals surface area contributed by atoms with Crippen LogP contribution >= 0.6 is 0 Å². The van der Waals surface area contributed by atoms with Crippen LogP contribution in [0, 0.1) is 11.3 Å². The summed E-state index contributed by atoms with van der Waals surface area (Å²) < 4.78 is 1.52. The zero-order chi connectivity index (χ0) is 12.5. The minimum absolute atomic E-state index is 0.164. The number of nitriles is 1. The van der Waals surface area contributed by atoms with E-state index in [1.165, 1.54) is 10.8 Å². The highest BCUT2D eigenvalue weighted by atomic mass is 15.3. The maximum atomic E-state index is 9.23. The van der Waals surface area contributed by atoms with Crippen molar-refractivity contribution < 1.29 is 0 Å². The van der Waals surface area contributed by atoms with Gasteiger partial charge in [0.2, 0.25) is 0 Å². The fourth-order valence-corrected chi connectivity index (χ4v) is 1.83.